The van der Waals surface area contributed by atoms with Crippen LogP contribution < -0.4 is 0 Å². The molecule has 1 atom stereocenters. The summed E-state index contributed by atoms with van der Waals surface area (Å²) in [6, 6.07) is 15.0. The van der Waals surface area contributed by atoms with E-state index in [0.717, 1.165) is 22.1 Å². The van der Waals surface area contributed by atoms with Gasteiger partial charge in [0.05, 0.1) is 10.9 Å². The predicted octanol–water partition coefficient (Wildman–Crippen LogP) is 3.43. The molecule has 128 valence electrons. The topological polar surface area (TPSA) is 40.6 Å². The third kappa shape index (κ3) is 3.28. The monoisotopic (exact) mass is 408 g/mol. The lowest BCUT2D eigenvalue weighted by Gasteiger charge is -2.39. The van der Waals surface area contributed by atoms with Gasteiger partial charge < -0.3 is 4.90 Å². The van der Waals surface area contributed by atoms with Crippen molar-refractivity contribution in [3.05, 3.63) is 64.1 Å². The van der Waals surface area contributed by atoms with Crippen molar-refractivity contribution in [3.8, 4) is 0 Å². The Morgan fingerprint density at radius 1 is 1.04 bits per heavy atom. The molecular formula is C18H21BrN2O2S. The van der Waals surface area contributed by atoms with E-state index in [9.17, 15) is 8.42 Å². The average Bonchev–Trinajstić information content (AvgIpc) is 2.57. The summed E-state index contributed by atoms with van der Waals surface area (Å²) < 4.78 is 29.1. The van der Waals surface area contributed by atoms with Crippen LogP contribution in [0.3, 0.4) is 0 Å². The maximum Gasteiger partial charge on any atom is 0.244 e. The highest BCUT2D eigenvalue weighted by atomic mass is 79.9. The largest absolute Gasteiger partial charge is 0.303 e. The Labute approximate surface area is 152 Å². The van der Waals surface area contributed by atoms with Crippen LogP contribution in [-0.2, 0) is 10.0 Å². The highest BCUT2D eigenvalue weighted by molar-refractivity contribution is 9.10. The summed E-state index contributed by atoms with van der Waals surface area (Å²) in [5.74, 6) is 0. The minimum atomic E-state index is -3.56. The van der Waals surface area contributed by atoms with Crippen LogP contribution in [0, 0.1) is 6.92 Å². The summed E-state index contributed by atoms with van der Waals surface area (Å²) in [6.07, 6.45) is 0. The van der Waals surface area contributed by atoms with E-state index in [2.05, 4.69) is 20.8 Å². The van der Waals surface area contributed by atoms with Gasteiger partial charge in [-0.3, -0.25) is 0 Å². The summed E-state index contributed by atoms with van der Waals surface area (Å²) in [6.45, 7) is 3.75. The van der Waals surface area contributed by atoms with Gasteiger partial charge in [0.25, 0.3) is 0 Å². The molecular weight excluding hydrogens is 388 g/mol. The third-order valence-corrected chi connectivity index (χ3v) is 7.43. The van der Waals surface area contributed by atoms with Gasteiger partial charge in [-0.25, -0.2) is 8.42 Å². The van der Waals surface area contributed by atoms with Gasteiger partial charge in [0, 0.05) is 24.1 Å². The van der Waals surface area contributed by atoms with Gasteiger partial charge in [0.15, 0.2) is 0 Å². The van der Waals surface area contributed by atoms with Crippen LogP contribution in [-0.4, -0.2) is 44.3 Å². The van der Waals surface area contributed by atoms with E-state index in [1.165, 1.54) is 0 Å². The molecule has 0 N–H and O–H groups in total. The first-order valence-corrected chi connectivity index (χ1v) is 10.1. The van der Waals surface area contributed by atoms with E-state index >= 15 is 0 Å². The number of rotatable bonds is 3. The van der Waals surface area contributed by atoms with E-state index in [1.54, 1.807) is 16.4 Å². The van der Waals surface area contributed by atoms with E-state index in [-0.39, 0.29) is 6.04 Å². The van der Waals surface area contributed by atoms with Crippen LogP contribution in [0.1, 0.15) is 17.2 Å². The molecule has 1 unspecified atom stereocenters. The predicted molar refractivity (Wildman–Crippen MR) is 99.5 cm³/mol. The summed E-state index contributed by atoms with van der Waals surface area (Å²) in [4.78, 5) is 2.56. The molecule has 0 aromatic heterocycles. The maximum atomic E-state index is 13.3. The standard InChI is InChI=1S/C18H21BrN2O2S/c1-14-16(19)9-6-10-18(14)24(22,23)21-12-11-20(2)13-17(21)15-7-4-3-5-8-15/h3-10,17H,11-13H2,1-2H3. The Kier molecular flexibility index (Phi) is 5.11. The number of halogens is 1. The number of nitrogens with zero attached hydrogens (tertiary/aromatic N) is 2. The molecule has 0 radical (unpaired) electrons. The van der Waals surface area contributed by atoms with Crippen LogP contribution in [0.25, 0.3) is 0 Å². The zero-order valence-corrected chi connectivity index (χ0v) is 16.2. The quantitative estimate of drug-likeness (QED) is 0.780. The second kappa shape index (κ2) is 6.96. The van der Waals surface area contributed by atoms with E-state index in [1.807, 2.05) is 50.4 Å². The zero-order chi connectivity index (χ0) is 17.3. The zero-order valence-electron chi connectivity index (χ0n) is 13.8. The summed E-state index contributed by atoms with van der Waals surface area (Å²) in [7, 11) is -1.53. The van der Waals surface area contributed by atoms with Gasteiger partial charge in [-0.2, -0.15) is 4.31 Å². The molecule has 0 aliphatic carbocycles. The van der Waals surface area contributed by atoms with Crippen molar-refractivity contribution in [2.75, 3.05) is 26.7 Å². The fraction of sp³-hybridized carbons (Fsp3) is 0.333. The lowest BCUT2D eigenvalue weighted by molar-refractivity contribution is 0.160. The first-order chi connectivity index (χ1) is 11.4. The van der Waals surface area contributed by atoms with Crippen LogP contribution in [0.2, 0.25) is 0 Å². The van der Waals surface area contributed by atoms with Gasteiger partial charge in [-0.1, -0.05) is 52.3 Å². The molecule has 6 heteroatoms. The Hall–Kier alpha value is -1.21. The van der Waals surface area contributed by atoms with Crippen molar-refractivity contribution in [1.29, 1.82) is 0 Å². The number of piperazine rings is 1. The third-order valence-electron chi connectivity index (χ3n) is 4.52. The van der Waals surface area contributed by atoms with Gasteiger partial charge in [0.1, 0.15) is 0 Å². The smallest absolute Gasteiger partial charge is 0.244 e. The maximum absolute atomic E-state index is 13.3. The number of benzene rings is 2. The summed E-state index contributed by atoms with van der Waals surface area (Å²) in [5.41, 5.74) is 1.78. The lowest BCUT2D eigenvalue weighted by Crippen LogP contribution is -2.49. The molecule has 2 aromatic rings. The van der Waals surface area contributed by atoms with Crippen LogP contribution >= 0.6 is 15.9 Å². The Bertz CT molecular complexity index is 824. The molecule has 0 amide bonds. The van der Waals surface area contributed by atoms with E-state index in [0.29, 0.717) is 18.0 Å². The molecule has 0 bridgehead atoms. The van der Waals surface area contributed by atoms with Crippen molar-refractivity contribution in [3.63, 3.8) is 0 Å². The average molecular weight is 409 g/mol. The SMILES string of the molecule is Cc1c(Br)cccc1S(=O)(=O)N1CCN(C)CC1c1ccccc1. The van der Waals surface area contributed by atoms with E-state index < -0.39 is 10.0 Å². The molecule has 0 spiro atoms. The Morgan fingerprint density at radius 2 is 1.75 bits per heavy atom. The Morgan fingerprint density at radius 3 is 2.46 bits per heavy atom. The molecule has 1 fully saturated rings. The molecule has 2 aromatic carbocycles. The lowest BCUT2D eigenvalue weighted by atomic mass is 10.1. The fourth-order valence-corrected chi connectivity index (χ4v) is 5.47. The number of hydrogen-bond acceptors (Lipinski definition) is 3. The molecule has 3 rings (SSSR count). The van der Waals surface area contributed by atoms with Crippen molar-refractivity contribution in [2.24, 2.45) is 0 Å². The summed E-state index contributed by atoms with van der Waals surface area (Å²) >= 11 is 3.44. The van der Waals surface area contributed by atoms with Gasteiger partial charge in [0.2, 0.25) is 10.0 Å². The second-order valence-electron chi connectivity index (χ2n) is 6.17. The van der Waals surface area contributed by atoms with E-state index in [4.69, 9.17) is 0 Å². The van der Waals surface area contributed by atoms with Crippen molar-refractivity contribution < 1.29 is 8.42 Å². The van der Waals surface area contributed by atoms with Crippen molar-refractivity contribution >= 4 is 26.0 Å². The van der Waals surface area contributed by atoms with Gasteiger partial charge in [-0.05, 0) is 37.2 Å². The molecule has 24 heavy (non-hydrogen) atoms. The normalized spacial score (nSPS) is 20.2. The minimum Gasteiger partial charge on any atom is -0.303 e. The molecule has 4 nitrogen and oxygen atoms in total. The molecule has 1 heterocycles. The molecule has 0 saturated carbocycles. The summed E-state index contributed by atoms with van der Waals surface area (Å²) in [5, 5.41) is 0. The molecule has 1 aliphatic rings. The highest BCUT2D eigenvalue weighted by Crippen LogP contribution is 2.33. The first kappa shape index (κ1) is 17.6. The molecule has 1 aliphatic heterocycles. The second-order valence-corrected chi connectivity index (χ2v) is 8.88. The minimum absolute atomic E-state index is 0.173. The van der Waals surface area contributed by atoms with Crippen molar-refractivity contribution in [1.82, 2.24) is 9.21 Å². The first-order valence-electron chi connectivity index (χ1n) is 7.91. The molecule has 1 saturated heterocycles. The van der Waals surface area contributed by atoms with Crippen LogP contribution in [0.15, 0.2) is 57.9 Å². The van der Waals surface area contributed by atoms with Crippen LogP contribution in [0.4, 0.5) is 0 Å². The Balaban J connectivity index is 2.06. The van der Waals surface area contributed by atoms with Gasteiger partial charge >= 0.3 is 0 Å². The highest BCUT2D eigenvalue weighted by Gasteiger charge is 2.36. The number of likely N-dealkylation sites (N-methyl/N-ethyl adjacent to an activating group) is 1. The van der Waals surface area contributed by atoms with Crippen LogP contribution in [0.5, 0.6) is 0 Å². The van der Waals surface area contributed by atoms with Crippen molar-refractivity contribution in [2.45, 2.75) is 17.9 Å². The van der Waals surface area contributed by atoms with Gasteiger partial charge in [-0.15, -0.1) is 0 Å². The fourth-order valence-electron chi connectivity index (χ4n) is 3.13. The number of sulfonamides is 1. The number of hydrogen-bond donors (Lipinski definition) is 0.